The molecule has 0 amide bonds. The fourth-order valence-corrected chi connectivity index (χ4v) is 11.7. The summed E-state index contributed by atoms with van der Waals surface area (Å²) in [4.78, 5) is -11.5. The van der Waals surface area contributed by atoms with E-state index in [4.69, 9.17) is 0 Å². The average Bonchev–Trinajstić information content (AvgIpc) is 0.729. The molecule has 0 bridgehead atoms. The van der Waals surface area contributed by atoms with E-state index in [0.29, 0.717) is 48.5 Å². The van der Waals surface area contributed by atoms with Crippen molar-refractivity contribution in [2.45, 2.75) is 64.6 Å². The second kappa shape index (κ2) is 27.2. The molecule has 0 saturated carbocycles. The monoisotopic (exact) mass is 1520 g/mol. The average molecular weight is 1520 g/mol. The van der Waals surface area contributed by atoms with E-state index in [1.807, 2.05) is 0 Å². The Morgan fingerprint density at radius 3 is 0.681 bits per heavy atom. The van der Waals surface area contributed by atoms with Gasteiger partial charge in [0.05, 0.1) is 19.6 Å². The molecule has 94 heavy (non-hydrogen) atoms. The summed E-state index contributed by atoms with van der Waals surface area (Å²) in [5, 5.41) is 0. The standard InChI is InChI=1S/C30H16Br2F12O4S.C30H16F10O4S/c31-26(34,35)29(41,42)47-21-9-1-17(2-10-21)25(28(38,39)40,18-3-11-22(12-4-18)48-30(43,44)27(32,36)37)19-5-13-23(14-6-19)49(45,46)24-15-7-20(33)8-16-24;31-20-7-15-24(16-8-20)45(41,42)23-13-5-19(6-14-23)29(30(38,39)40,17-1-9-21(10-2-17)43-27(36)25(32)33)18-3-11-22(12-4-18)44-28(37)26(34)35/h1-16H;1-16H. The lowest BCUT2D eigenvalue weighted by atomic mass is 9.68. The first-order chi connectivity index (χ1) is 43.4. The Bertz CT molecular complexity index is 4120. The molecule has 8 aromatic rings. The molecule has 34 heteroatoms. The molecule has 0 atom stereocenters. The highest BCUT2D eigenvalue weighted by Gasteiger charge is 2.62. The number of hydrogen-bond donors (Lipinski definition) is 0. The lowest BCUT2D eigenvalue weighted by molar-refractivity contribution is -0.266. The van der Waals surface area contributed by atoms with Gasteiger partial charge in [0, 0.05) is 31.9 Å². The molecule has 0 aromatic heterocycles. The van der Waals surface area contributed by atoms with Crippen LogP contribution in [0, 0.1) is 11.6 Å². The molecule has 0 aliphatic carbocycles. The Morgan fingerprint density at radius 2 is 0.489 bits per heavy atom. The highest BCUT2D eigenvalue weighted by molar-refractivity contribution is 9.10. The van der Waals surface area contributed by atoms with Gasteiger partial charge in [-0.25, -0.2) is 25.6 Å². The summed E-state index contributed by atoms with van der Waals surface area (Å²) in [6.07, 6.45) is -26.7. The van der Waals surface area contributed by atoms with Crippen molar-refractivity contribution in [1.29, 1.82) is 0 Å². The van der Waals surface area contributed by atoms with Crippen molar-refractivity contribution < 1.29 is 132 Å². The molecule has 0 spiro atoms. The van der Waals surface area contributed by atoms with Crippen LogP contribution < -0.4 is 18.9 Å². The van der Waals surface area contributed by atoms with Crippen LogP contribution in [-0.2, 0) is 30.5 Å². The van der Waals surface area contributed by atoms with Gasteiger partial charge in [-0.05, 0) is 155 Å². The lowest BCUT2D eigenvalue weighted by Crippen LogP contribution is -2.44. The van der Waals surface area contributed by atoms with E-state index >= 15 is 26.3 Å². The van der Waals surface area contributed by atoms with Crippen LogP contribution in [0.15, 0.2) is 238 Å². The Balaban J connectivity index is 0.000000267. The summed E-state index contributed by atoms with van der Waals surface area (Å²) in [6, 6.07) is 19.7. The number of alkyl halides is 16. The number of rotatable bonds is 20. The quantitative estimate of drug-likeness (QED) is 0.0244. The maximum atomic E-state index is 15.5. The van der Waals surface area contributed by atoms with E-state index in [0.717, 1.165) is 146 Å². The summed E-state index contributed by atoms with van der Waals surface area (Å²) >= 11 is 2.89. The summed E-state index contributed by atoms with van der Waals surface area (Å²) in [5.74, 6) is -4.71. The van der Waals surface area contributed by atoms with Crippen molar-refractivity contribution in [1.82, 2.24) is 0 Å². The predicted octanol–water partition coefficient (Wildman–Crippen LogP) is 19.9. The van der Waals surface area contributed by atoms with E-state index in [2.05, 4.69) is 18.9 Å². The molecule has 0 N–H and O–H groups in total. The molecule has 8 rings (SSSR count). The maximum Gasteiger partial charge on any atom is 0.475 e. The van der Waals surface area contributed by atoms with Crippen LogP contribution in [0.3, 0.4) is 0 Å². The molecule has 0 heterocycles. The SMILES string of the molecule is O=S(=O)(c1ccc(F)cc1)c1ccc(C(c2ccc(OC(F)(F)C(F)(F)Br)cc2)(c2ccc(OC(F)(F)C(F)(F)Br)cc2)C(F)(F)F)cc1.O=S(=O)(c1ccc(F)cc1)c1ccc(C(c2ccc(OC(F)=C(F)F)cc2)(c2ccc(OC(F)=C(F)F)cc2)C(F)(F)F)cc1. The van der Waals surface area contributed by atoms with Crippen molar-refractivity contribution in [2.24, 2.45) is 0 Å². The van der Waals surface area contributed by atoms with E-state index in [1.54, 1.807) is 0 Å². The predicted molar refractivity (Wildman–Crippen MR) is 295 cm³/mol. The maximum absolute atomic E-state index is 15.5. The molecule has 500 valence electrons. The van der Waals surface area contributed by atoms with Gasteiger partial charge in [0.2, 0.25) is 19.7 Å². The minimum atomic E-state index is -5.44. The third kappa shape index (κ3) is 15.3. The van der Waals surface area contributed by atoms with Crippen molar-refractivity contribution in [3.63, 3.8) is 0 Å². The van der Waals surface area contributed by atoms with E-state index in [9.17, 15) is 87.1 Å². The molecule has 0 aliphatic heterocycles. The van der Waals surface area contributed by atoms with Crippen molar-refractivity contribution in [3.05, 3.63) is 263 Å². The van der Waals surface area contributed by atoms with Gasteiger partial charge in [0.1, 0.15) is 45.5 Å². The van der Waals surface area contributed by atoms with E-state index in [-0.39, 0.29) is 4.90 Å². The second-order valence-corrected chi connectivity index (χ2v) is 25.0. The van der Waals surface area contributed by atoms with Gasteiger partial charge in [0.15, 0.2) is 0 Å². The third-order valence-corrected chi connectivity index (χ3v) is 17.8. The molecular weight excluding hydrogens is 1490 g/mol. The van der Waals surface area contributed by atoms with Gasteiger partial charge in [-0.1, -0.05) is 72.8 Å². The van der Waals surface area contributed by atoms with Gasteiger partial charge in [-0.15, -0.1) is 0 Å². The fraction of sp³-hybridized carbons (Fsp3) is 0.133. The van der Waals surface area contributed by atoms with Gasteiger partial charge in [-0.3, -0.25) is 0 Å². The third-order valence-electron chi connectivity index (χ3n) is 13.3. The Morgan fingerprint density at radius 1 is 0.298 bits per heavy atom. The molecule has 0 saturated heterocycles. The normalized spacial score (nSPS) is 12.9. The largest absolute Gasteiger partial charge is 0.475 e. The summed E-state index contributed by atoms with van der Waals surface area (Å²) in [5.41, 5.74) is -10.7. The van der Waals surface area contributed by atoms with Crippen LogP contribution in [0.5, 0.6) is 23.0 Å². The first kappa shape index (κ1) is 73.2. The van der Waals surface area contributed by atoms with Crippen LogP contribution in [0.4, 0.5) is 96.6 Å². The number of benzene rings is 8. The number of hydrogen-bond acceptors (Lipinski definition) is 8. The van der Waals surface area contributed by atoms with Crippen LogP contribution >= 0.6 is 31.9 Å². The van der Waals surface area contributed by atoms with Crippen LogP contribution in [0.25, 0.3) is 0 Å². The molecule has 0 fully saturated rings. The number of ether oxygens (including phenoxy) is 4. The molecule has 0 aliphatic rings. The molecule has 0 unspecified atom stereocenters. The molecule has 8 aromatic carbocycles. The molecular formula is C60H32Br2F22O8S2. The Hall–Kier alpha value is -8.24. The van der Waals surface area contributed by atoms with Gasteiger partial charge in [0.25, 0.3) is 0 Å². The van der Waals surface area contributed by atoms with Crippen LogP contribution in [-0.4, -0.2) is 51.1 Å². The molecule has 0 radical (unpaired) electrons. The van der Waals surface area contributed by atoms with Crippen LogP contribution in [0.2, 0.25) is 0 Å². The van der Waals surface area contributed by atoms with Crippen LogP contribution in [0.1, 0.15) is 33.4 Å². The zero-order chi connectivity index (χ0) is 70.0. The first-order valence-electron chi connectivity index (χ1n) is 25.2. The highest BCUT2D eigenvalue weighted by atomic mass is 79.9. The zero-order valence-electron chi connectivity index (χ0n) is 45.6. The molecule has 8 nitrogen and oxygen atoms in total. The Labute approximate surface area is 532 Å². The lowest BCUT2D eigenvalue weighted by Gasteiger charge is -2.38. The van der Waals surface area contributed by atoms with Crippen molar-refractivity contribution in [3.8, 4) is 23.0 Å². The topological polar surface area (TPSA) is 105 Å². The number of halogens is 24. The summed E-state index contributed by atoms with van der Waals surface area (Å²) in [6.45, 7) is 0. The van der Waals surface area contributed by atoms with E-state index < -0.39 is 172 Å². The zero-order valence-corrected chi connectivity index (χ0v) is 50.4. The summed E-state index contributed by atoms with van der Waals surface area (Å²) < 4.78 is 372. The summed E-state index contributed by atoms with van der Waals surface area (Å²) in [7, 11) is -8.72. The minimum Gasteiger partial charge on any atom is -0.428 e. The van der Waals surface area contributed by atoms with E-state index in [1.165, 1.54) is 31.9 Å². The van der Waals surface area contributed by atoms with Crippen molar-refractivity contribution in [2.75, 3.05) is 0 Å². The Kier molecular flexibility index (Phi) is 21.2. The highest BCUT2D eigenvalue weighted by Crippen LogP contribution is 2.55. The van der Waals surface area contributed by atoms with Gasteiger partial charge in [-0.2, -0.15) is 87.8 Å². The second-order valence-electron chi connectivity index (χ2n) is 19.1. The van der Waals surface area contributed by atoms with Crippen molar-refractivity contribution >= 4 is 51.5 Å². The minimum absolute atomic E-state index is 0.345. The van der Waals surface area contributed by atoms with Gasteiger partial charge < -0.3 is 18.9 Å². The number of sulfone groups is 2. The van der Waals surface area contributed by atoms with Gasteiger partial charge >= 0.3 is 58.4 Å². The fourth-order valence-electron chi connectivity index (χ4n) is 9.04. The first-order valence-corrected chi connectivity index (χ1v) is 29.8. The smallest absolute Gasteiger partial charge is 0.428 e.